The van der Waals surface area contributed by atoms with Gasteiger partial charge in [0.1, 0.15) is 24.1 Å². The second-order valence-corrected chi connectivity index (χ2v) is 13.7. The van der Waals surface area contributed by atoms with E-state index in [9.17, 15) is 18.0 Å². The minimum atomic E-state index is -4.03. The Morgan fingerprint density at radius 2 is 1.56 bits per heavy atom. The summed E-state index contributed by atoms with van der Waals surface area (Å²) in [4.78, 5) is 29.5. The van der Waals surface area contributed by atoms with Crippen molar-refractivity contribution in [3.05, 3.63) is 87.9 Å². The lowest BCUT2D eigenvalue weighted by Crippen LogP contribution is -2.56. The van der Waals surface area contributed by atoms with Crippen LogP contribution in [0.25, 0.3) is 0 Å². The van der Waals surface area contributed by atoms with Gasteiger partial charge in [0.05, 0.1) is 26.2 Å². The Morgan fingerprint density at radius 1 is 0.930 bits per heavy atom. The van der Waals surface area contributed by atoms with Gasteiger partial charge in [-0.1, -0.05) is 59.6 Å². The highest BCUT2D eigenvalue weighted by atomic mass is 35.5. The number of hydrogen-bond acceptors (Lipinski definition) is 6. The third kappa shape index (κ3) is 9.26. The van der Waals surface area contributed by atoms with E-state index in [0.717, 1.165) is 16.1 Å². The highest BCUT2D eigenvalue weighted by Gasteiger charge is 2.35. The van der Waals surface area contributed by atoms with Crippen LogP contribution in [0.2, 0.25) is 10.0 Å². The standard InChI is InChI=1S/C31H37Cl2N3O6S/c1-31(2,3)34-30(38)27(17-21-11-8-7-9-12-21)35(19-23-24(32)13-10-14-25(23)33)29(37)20-36(43(6,39)40)26-18-22(41-4)15-16-28(26)42-5/h7-16,18,27H,17,19-20H2,1-6H3,(H,34,38)/t27-/m1/s1. The third-order valence-corrected chi connectivity index (χ3v) is 8.33. The van der Waals surface area contributed by atoms with Crippen molar-refractivity contribution in [2.24, 2.45) is 0 Å². The molecule has 0 aliphatic heterocycles. The molecule has 2 amide bonds. The molecule has 3 aromatic rings. The van der Waals surface area contributed by atoms with Crippen LogP contribution < -0.4 is 19.1 Å². The lowest BCUT2D eigenvalue weighted by Gasteiger charge is -2.35. The van der Waals surface area contributed by atoms with Gasteiger partial charge in [0.2, 0.25) is 21.8 Å². The average Bonchev–Trinajstić information content (AvgIpc) is 2.93. The molecule has 0 unspecified atom stereocenters. The van der Waals surface area contributed by atoms with Crippen molar-refractivity contribution in [3.8, 4) is 11.5 Å². The van der Waals surface area contributed by atoms with Crippen LogP contribution in [0.4, 0.5) is 5.69 Å². The van der Waals surface area contributed by atoms with Gasteiger partial charge in [-0.05, 0) is 50.6 Å². The minimum absolute atomic E-state index is 0.104. The molecule has 232 valence electrons. The van der Waals surface area contributed by atoms with E-state index in [1.807, 2.05) is 51.1 Å². The number of carbonyl (C=O) groups is 2. The van der Waals surface area contributed by atoms with E-state index >= 15 is 0 Å². The van der Waals surface area contributed by atoms with Crippen LogP contribution in [-0.2, 0) is 32.6 Å². The van der Waals surface area contributed by atoms with E-state index in [2.05, 4.69) is 5.32 Å². The molecule has 0 spiro atoms. The fraction of sp³-hybridized carbons (Fsp3) is 0.355. The van der Waals surface area contributed by atoms with Crippen LogP contribution in [0.3, 0.4) is 0 Å². The molecule has 12 heteroatoms. The topological polar surface area (TPSA) is 105 Å². The van der Waals surface area contributed by atoms with Crippen LogP contribution in [0.15, 0.2) is 66.7 Å². The van der Waals surface area contributed by atoms with E-state index in [-0.39, 0.29) is 24.4 Å². The number of benzene rings is 3. The summed E-state index contributed by atoms with van der Waals surface area (Å²) in [6.07, 6.45) is 1.14. The highest BCUT2D eigenvalue weighted by Crippen LogP contribution is 2.34. The zero-order valence-corrected chi connectivity index (χ0v) is 27.4. The zero-order chi connectivity index (χ0) is 31.9. The Labute approximate surface area is 263 Å². The normalized spacial score (nSPS) is 12.3. The number of hydrogen-bond donors (Lipinski definition) is 1. The molecule has 0 bridgehead atoms. The molecule has 1 atom stereocenters. The fourth-order valence-electron chi connectivity index (χ4n) is 4.45. The second kappa shape index (κ2) is 14.3. The first-order valence-electron chi connectivity index (χ1n) is 13.4. The fourth-order valence-corrected chi connectivity index (χ4v) is 5.81. The lowest BCUT2D eigenvalue weighted by molar-refractivity contribution is -0.140. The predicted molar refractivity (Wildman–Crippen MR) is 171 cm³/mol. The van der Waals surface area contributed by atoms with Gasteiger partial charge < -0.3 is 19.7 Å². The van der Waals surface area contributed by atoms with Crippen molar-refractivity contribution in [1.82, 2.24) is 10.2 Å². The molecule has 0 fully saturated rings. The monoisotopic (exact) mass is 649 g/mol. The van der Waals surface area contributed by atoms with E-state index < -0.39 is 40.0 Å². The van der Waals surface area contributed by atoms with E-state index in [4.69, 9.17) is 32.7 Å². The largest absolute Gasteiger partial charge is 0.497 e. The average molecular weight is 651 g/mol. The Morgan fingerprint density at radius 3 is 2.09 bits per heavy atom. The molecular formula is C31H37Cl2N3O6S. The lowest BCUT2D eigenvalue weighted by atomic mass is 10.0. The molecule has 0 aliphatic rings. The van der Waals surface area contributed by atoms with Gasteiger partial charge in [-0.3, -0.25) is 13.9 Å². The van der Waals surface area contributed by atoms with E-state index in [0.29, 0.717) is 21.4 Å². The van der Waals surface area contributed by atoms with Gasteiger partial charge in [-0.25, -0.2) is 8.42 Å². The summed E-state index contributed by atoms with van der Waals surface area (Å²) in [6.45, 7) is 4.71. The molecule has 9 nitrogen and oxygen atoms in total. The van der Waals surface area contributed by atoms with Crippen LogP contribution in [-0.4, -0.2) is 63.7 Å². The summed E-state index contributed by atoms with van der Waals surface area (Å²) in [5, 5.41) is 3.57. The summed E-state index contributed by atoms with van der Waals surface area (Å²) in [6, 6.07) is 17.8. The van der Waals surface area contributed by atoms with Crippen molar-refractivity contribution in [2.75, 3.05) is 31.3 Å². The molecule has 0 aromatic heterocycles. The number of nitrogens with one attached hydrogen (secondary N) is 1. The van der Waals surface area contributed by atoms with Gasteiger partial charge in [0, 0.05) is 40.2 Å². The van der Waals surface area contributed by atoms with Gasteiger partial charge >= 0.3 is 0 Å². The highest BCUT2D eigenvalue weighted by molar-refractivity contribution is 7.92. The smallest absolute Gasteiger partial charge is 0.244 e. The van der Waals surface area contributed by atoms with Crippen molar-refractivity contribution in [3.63, 3.8) is 0 Å². The molecule has 43 heavy (non-hydrogen) atoms. The molecule has 3 rings (SSSR count). The maximum atomic E-state index is 14.3. The number of sulfonamides is 1. The minimum Gasteiger partial charge on any atom is -0.497 e. The van der Waals surface area contributed by atoms with Crippen LogP contribution in [0.5, 0.6) is 11.5 Å². The van der Waals surface area contributed by atoms with Gasteiger partial charge in [0.15, 0.2) is 0 Å². The first-order chi connectivity index (χ1) is 20.1. The van der Waals surface area contributed by atoms with Crippen LogP contribution >= 0.6 is 23.2 Å². The quantitative estimate of drug-likeness (QED) is 0.284. The van der Waals surface area contributed by atoms with E-state index in [1.54, 1.807) is 30.3 Å². The van der Waals surface area contributed by atoms with Gasteiger partial charge in [-0.2, -0.15) is 0 Å². The third-order valence-electron chi connectivity index (χ3n) is 6.49. The zero-order valence-electron chi connectivity index (χ0n) is 25.1. The van der Waals surface area contributed by atoms with Crippen molar-refractivity contribution in [2.45, 2.75) is 45.3 Å². The number of nitrogens with zero attached hydrogens (tertiary/aromatic N) is 2. The Hall–Kier alpha value is -3.47. The molecule has 1 N–H and O–H groups in total. The number of rotatable bonds is 12. The number of amides is 2. The molecule has 0 saturated carbocycles. The molecule has 3 aromatic carbocycles. The Balaban J connectivity index is 2.17. The first kappa shape index (κ1) is 34.0. The number of anilines is 1. The second-order valence-electron chi connectivity index (χ2n) is 11.0. The summed E-state index contributed by atoms with van der Waals surface area (Å²) in [7, 11) is -1.19. The summed E-state index contributed by atoms with van der Waals surface area (Å²) in [5.41, 5.74) is 0.710. The summed E-state index contributed by atoms with van der Waals surface area (Å²) in [5.74, 6) is -0.497. The SMILES string of the molecule is COc1ccc(OC)c(N(CC(=O)N(Cc2c(Cl)cccc2Cl)[C@H](Cc2ccccc2)C(=O)NC(C)(C)C)S(C)(=O)=O)c1. The number of halogens is 2. The number of ether oxygens (including phenoxy) is 2. The van der Waals surface area contributed by atoms with Gasteiger partial charge in [0.25, 0.3) is 0 Å². The molecule has 0 saturated heterocycles. The summed E-state index contributed by atoms with van der Waals surface area (Å²) < 4.78 is 37.9. The number of methoxy groups -OCH3 is 2. The van der Waals surface area contributed by atoms with Crippen molar-refractivity contribution < 1.29 is 27.5 Å². The van der Waals surface area contributed by atoms with Gasteiger partial charge in [-0.15, -0.1) is 0 Å². The Bertz CT molecular complexity index is 1520. The molecule has 0 aliphatic carbocycles. The predicted octanol–water partition coefficient (Wildman–Crippen LogP) is 5.33. The first-order valence-corrected chi connectivity index (χ1v) is 16.0. The van der Waals surface area contributed by atoms with Crippen LogP contribution in [0, 0.1) is 0 Å². The molecule has 0 radical (unpaired) electrons. The molecule has 0 heterocycles. The van der Waals surface area contributed by atoms with Crippen molar-refractivity contribution in [1.29, 1.82) is 0 Å². The number of carbonyl (C=O) groups excluding carboxylic acids is 2. The Kier molecular flexibility index (Phi) is 11.3. The van der Waals surface area contributed by atoms with Crippen molar-refractivity contribution >= 4 is 50.7 Å². The summed E-state index contributed by atoms with van der Waals surface area (Å²) >= 11 is 13.0. The maximum absolute atomic E-state index is 14.3. The van der Waals surface area contributed by atoms with E-state index in [1.165, 1.54) is 25.2 Å². The van der Waals surface area contributed by atoms with Crippen LogP contribution in [0.1, 0.15) is 31.9 Å². The maximum Gasteiger partial charge on any atom is 0.244 e. The molecular weight excluding hydrogens is 613 g/mol.